The zero-order chi connectivity index (χ0) is 18.5. The lowest BCUT2D eigenvalue weighted by Gasteiger charge is -2.28. The van der Waals surface area contributed by atoms with Gasteiger partial charge >= 0.3 is 0 Å². The van der Waals surface area contributed by atoms with Crippen LogP contribution in [0.4, 0.5) is 11.4 Å². The number of methoxy groups -OCH3 is 1. The molecule has 1 N–H and O–H groups in total. The molecular weight excluding hydrogens is 328 g/mol. The van der Waals surface area contributed by atoms with Crippen LogP contribution in [0.5, 0.6) is 5.75 Å². The highest BCUT2D eigenvalue weighted by Gasteiger charge is 2.23. The van der Waals surface area contributed by atoms with E-state index in [0.717, 1.165) is 24.0 Å². The Morgan fingerprint density at radius 3 is 2.73 bits per heavy atom. The second-order valence-electron chi connectivity index (χ2n) is 6.54. The highest BCUT2D eigenvalue weighted by atomic mass is 16.5. The van der Waals surface area contributed by atoms with Crippen molar-refractivity contribution in [3.8, 4) is 5.75 Å². The summed E-state index contributed by atoms with van der Waals surface area (Å²) in [5, 5.41) is 2.93. The number of hydrogen-bond acceptors (Lipinski definition) is 3. The molecule has 0 atom stereocenters. The van der Waals surface area contributed by atoms with Crippen LogP contribution in [0.25, 0.3) is 0 Å². The zero-order valence-corrected chi connectivity index (χ0v) is 15.2. The number of anilines is 2. The second-order valence-corrected chi connectivity index (χ2v) is 6.54. The average molecular weight is 352 g/mol. The summed E-state index contributed by atoms with van der Waals surface area (Å²) in [5.41, 5.74) is 3.48. The molecule has 3 rings (SSSR count). The van der Waals surface area contributed by atoms with E-state index in [1.807, 2.05) is 37.3 Å². The Labute approximate surface area is 154 Å². The molecule has 0 radical (unpaired) electrons. The van der Waals surface area contributed by atoms with E-state index >= 15 is 0 Å². The molecule has 1 saturated heterocycles. The first-order valence-electron chi connectivity index (χ1n) is 8.91. The maximum atomic E-state index is 12.4. The molecular formula is C21H24N2O3. The minimum Gasteiger partial charge on any atom is -0.495 e. The Hall–Kier alpha value is -2.82. The number of nitrogens with one attached hydrogen (secondary N) is 1. The molecule has 0 unspecified atom stereocenters. The molecule has 0 spiro atoms. The fourth-order valence-electron chi connectivity index (χ4n) is 3.23. The summed E-state index contributed by atoms with van der Waals surface area (Å²) in [6.45, 7) is 2.67. The summed E-state index contributed by atoms with van der Waals surface area (Å²) in [6.07, 6.45) is 2.76. The maximum Gasteiger partial charge on any atom is 0.228 e. The highest BCUT2D eigenvalue weighted by Crippen LogP contribution is 2.33. The first-order valence-corrected chi connectivity index (χ1v) is 8.91. The van der Waals surface area contributed by atoms with Crippen LogP contribution < -0.4 is 15.0 Å². The van der Waals surface area contributed by atoms with Crippen molar-refractivity contribution >= 4 is 23.2 Å². The van der Waals surface area contributed by atoms with E-state index in [1.165, 1.54) is 0 Å². The molecule has 1 fully saturated rings. The molecule has 1 aliphatic heterocycles. The third-order valence-corrected chi connectivity index (χ3v) is 4.69. The Bertz CT molecular complexity index is 817. The topological polar surface area (TPSA) is 58.6 Å². The van der Waals surface area contributed by atoms with Gasteiger partial charge in [-0.05, 0) is 49.1 Å². The van der Waals surface area contributed by atoms with Crippen LogP contribution in [0.15, 0.2) is 42.5 Å². The van der Waals surface area contributed by atoms with Gasteiger partial charge in [-0.1, -0.05) is 24.3 Å². The van der Waals surface area contributed by atoms with Crippen LogP contribution in [-0.4, -0.2) is 25.5 Å². The van der Waals surface area contributed by atoms with Gasteiger partial charge in [0.2, 0.25) is 11.8 Å². The Morgan fingerprint density at radius 1 is 1.19 bits per heavy atom. The van der Waals surface area contributed by atoms with Gasteiger partial charge in [0.1, 0.15) is 5.75 Å². The van der Waals surface area contributed by atoms with Gasteiger partial charge in [0.25, 0.3) is 0 Å². The number of hydrogen-bond donors (Lipinski definition) is 1. The third kappa shape index (κ3) is 4.04. The molecule has 2 amide bonds. The normalized spacial score (nSPS) is 14.2. The van der Waals surface area contributed by atoms with Gasteiger partial charge in [-0.3, -0.25) is 9.59 Å². The average Bonchev–Trinajstić information content (AvgIpc) is 2.64. The highest BCUT2D eigenvalue weighted by molar-refractivity contribution is 5.98. The lowest BCUT2D eigenvalue weighted by atomic mass is 10.1. The predicted molar refractivity (Wildman–Crippen MR) is 103 cm³/mol. The molecule has 0 aromatic heterocycles. The molecule has 1 aliphatic rings. The summed E-state index contributed by atoms with van der Waals surface area (Å²) in [5.74, 6) is 0.649. The van der Waals surface area contributed by atoms with Crippen molar-refractivity contribution in [1.82, 2.24) is 0 Å². The molecule has 5 nitrogen and oxygen atoms in total. The first-order chi connectivity index (χ1) is 12.6. The lowest BCUT2D eigenvalue weighted by molar-refractivity contribution is -0.119. The van der Waals surface area contributed by atoms with Crippen LogP contribution in [0.2, 0.25) is 0 Å². The van der Waals surface area contributed by atoms with E-state index in [9.17, 15) is 9.59 Å². The van der Waals surface area contributed by atoms with E-state index in [4.69, 9.17) is 4.74 Å². The van der Waals surface area contributed by atoms with Gasteiger partial charge in [-0.2, -0.15) is 0 Å². The minimum atomic E-state index is -0.0830. The monoisotopic (exact) mass is 352 g/mol. The summed E-state index contributed by atoms with van der Waals surface area (Å²) in [4.78, 5) is 26.4. The maximum absolute atomic E-state index is 12.4. The van der Waals surface area contributed by atoms with Gasteiger partial charge in [-0.25, -0.2) is 0 Å². The molecule has 0 aliphatic carbocycles. The smallest absolute Gasteiger partial charge is 0.228 e. The van der Waals surface area contributed by atoms with Crippen molar-refractivity contribution in [3.63, 3.8) is 0 Å². The number of carbonyl (C=O) groups is 2. The largest absolute Gasteiger partial charge is 0.495 e. The van der Waals surface area contributed by atoms with Crippen molar-refractivity contribution in [2.24, 2.45) is 0 Å². The Kier molecular flexibility index (Phi) is 5.56. The zero-order valence-electron chi connectivity index (χ0n) is 15.2. The van der Waals surface area contributed by atoms with Crippen LogP contribution in [0.1, 0.15) is 30.4 Å². The number of piperidine rings is 1. The molecule has 26 heavy (non-hydrogen) atoms. The Morgan fingerprint density at radius 2 is 2.00 bits per heavy atom. The predicted octanol–water partition coefficient (Wildman–Crippen LogP) is 3.70. The van der Waals surface area contributed by atoms with Gasteiger partial charge in [0.15, 0.2) is 0 Å². The van der Waals surface area contributed by atoms with E-state index in [1.54, 1.807) is 24.1 Å². The standard InChI is InChI=1S/C21H24N2O3/c1-15-7-3-4-8-16(15)13-20(24)22-17-10-11-19(26-2)18(14-17)23-12-6-5-9-21(23)25/h3-4,7-8,10-11,14H,5-6,9,12-13H2,1-2H3,(H,22,24). The fraction of sp³-hybridized carbons (Fsp3) is 0.333. The summed E-state index contributed by atoms with van der Waals surface area (Å²) in [6, 6.07) is 13.3. The van der Waals surface area contributed by atoms with Crippen molar-refractivity contribution in [2.45, 2.75) is 32.6 Å². The summed E-state index contributed by atoms with van der Waals surface area (Å²) in [7, 11) is 1.59. The van der Waals surface area contributed by atoms with E-state index in [-0.39, 0.29) is 11.8 Å². The summed E-state index contributed by atoms with van der Waals surface area (Å²) >= 11 is 0. The number of ether oxygens (including phenoxy) is 1. The molecule has 2 aromatic rings. The lowest BCUT2D eigenvalue weighted by Crippen LogP contribution is -2.35. The van der Waals surface area contributed by atoms with Crippen LogP contribution in [-0.2, 0) is 16.0 Å². The number of nitrogens with zero attached hydrogens (tertiary/aromatic N) is 1. The van der Waals surface area contributed by atoms with Crippen LogP contribution in [0, 0.1) is 6.92 Å². The quantitative estimate of drug-likeness (QED) is 0.892. The number of amides is 2. The van der Waals surface area contributed by atoms with Crippen molar-refractivity contribution in [3.05, 3.63) is 53.6 Å². The molecule has 0 bridgehead atoms. The molecule has 0 saturated carbocycles. The van der Waals surface area contributed by atoms with Gasteiger partial charge < -0.3 is 15.0 Å². The summed E-state index contributed by atoms with van der Waals surface area (Å²) < 4.78 is 5.41. The van der Waals surface area contributed by atoms with Crippen molar-refractivity contribution < 1.29 is 14.3 Å². The molecule has 2 aromatic carbocycles. The number of benzene rings is 2. The van der Waals surface area contributed by atoms with Crippen molar-refractivity contribution in [2.75, 3.05) is 23.9 Å². The number of aryl methyl sites for hydroxylation is 1. The number of rotatable bonds is 5. The number of carbonyl (C=O) groups excluding carboxylic acids is 2. The second kappa shape index (κ2) is 8.04. The molecule has 1 heterocycles. The third-order valence-electron chi connectivity index (χ3n) is 4.69. The van der Waals surface area contributed by atoms with E-state index in [0.29, 0.717) is 36.5 Å². The first kappa shape index (κ1) is 18.0. The van der Waals surface area contributed by atoms with Crippen LogP contribution >= 0.6 is 0 Å². The fourth-order valence-corrected chi connectivity index (χ4v) is 3.23. The molecule has 136 valence electrons. The van der Waals surface area contributed by atoms with Crippen LogP contribution in [0.3, 0.4) is 0 Å². The molecule has 5 heteroatoms. The van der Waals surface area contributed by atoms with E-state index in [2.05, 4.69) is 5.32 Å². The van der Waals surface area contributed by atoms with E-state index < -0.39 is 0 Å². The minimum absolute atomic E-state index is 0.0830. The van der Waals surface area contributed by atoms with Gasteiger partial charge in [0.05, 0.1) is 19.2 Å². The van der Waals surface area contributed by atoms with Gasteiger partial charge in [-0.15, -0.1) is 0 Å². The Balaban J connectivity index is 1.78. The van der Waals surface area contributed by atoms with Gasteiger partial charge in [0, 0.05) is 18.7 Å². The SMILES string of the molecule is COc1ccc(NC(=O)Cc2ccccc2C)cc1N1CCCCC1=O. The van der Waals surface area contributed by atoms with Crippen molar-refractivity contribution in [1.29, 1.82) is 0 Å².